The monoisotopic (exact) mass is 948 g/mol. The number of fused-ring (bicyclic) bond motifs is 4. The van der Waals surface area contributed by atoms with E-state index in [0.29, 0.717) is 21.5 Å². The Morgan fingerprint density at radius 1 is 0.263 bits per heavy atom. The quantitative estimate of drug-likeness (QED) is 0.110. The Morgan fingerprint density at radius 2 is 0.456 bits per heavy atom. The zero-order valence-electron chi connectivity index (χ0n) is 29.2. The first-order chi connectivity index (χ1) is 27.2. The van der Waals surface area contributed by atoms with Gasteiger partial charge in [0.1, 0.15) is 0 Å². The van der Waals surface area contributed by atoms with Gasteiger partial charge < -0.3 is 0 Å². The molecule has 0 aliphatic heterocycles. The second-order valence-corrected chi connectivity index (χ2v) is 27.2. The Morgan fingerprint density at radius 3 is 0.684 bits per heavy atom. The van der Waals surface area contributed by atoms with Crippen molar-refractivity contribution in [2.45, 2.75) is 19.6 Å². The molecule has 0 bridgehead atoms. The molecule has 57 heavy (non-hydrogen) atoms. The van der Waals surface area contributed by atoms with Crippen molar-refractivity contribution in [2.24, 2.45) is 0 Å². The molecule has 8 aromatic rings. The minimum atomic E-state index is -7.95. The molecule has 12 nitrogen and oxygen atoms in total. The Labute approximate surface area is 334 Å². The number of hydrogen-bond acceptors (Lipinski definition) is 12. The fraction of sp³-hybridized carbons (Fsp3) is 0. The predicted molar refractivity (Wildman–Crippen MR) is 215 cm³/mol. The number of hydrogen-bond donors (Lipinski definition) is 0. The third-order valence-electron chi connectivity index (χ3n) is 8.92. The molecule has 17 heteroatoms. The second kappa shape index (κ2) is 14.9. The molecule has 0 amide bonds. The summed E-state index contributed by atoms with van der Waals surface area (Å²) in [6.45, 7) is 0. The van der Waals surface area contributed by atoms with Gasteiger partial charge in [-0.1, -0.05) is 0 Å². The van der Waals surface area contributed by atoms with Gasteiger partial charge >= 0.3 is 337 Å². The van der Waals surface area contributed by atoms with Crippen LogP contribution in [0.5, 0.6) is 0 Å². The van der Waals surface area contributed by atoms with E-state index in [4.69, 9.17) is 10.1 Å². The van der Waals surface area contributed by atoms with Gasteiger partial charge in [0, 0.05) is 0 Å². The van der Waals surface area contributed by atoms with E-state index >= 15 is 0 Å². The molecule has 0 aliphatic rings. The summed E-state index contributed by atoms with van der Waals surface area (Å²) in [7, 11) is -21.6. The standard InChI is InChI=1S/4C10H8O3S.Sn/c4*11-14(12,13)10-7-3-5-8-4-1-2-6-9(8)10;/h4*1-7H,(H,11,12,13);/q;;;;+4/p-4. The van der Waals surface area contributed by atoms with E-state index in [0.717, 1.165) is 24.3 Å². The molecule has 0 N–H and O–H groups in total. The van der Waals surface area contributed by atoms with Crippen molar-refractivity contribution in [3.05, 3.63) is 170 Å². The summed E-state index contributed by atoms with van der Waals surface area (Å²) in [6.07, 6.45) is 0. The van der Waals surface area contributed by atoms with Gasteiger partial charge in [0.25, 0.3) is 0 Å². The van der Waals surface area contributed by atoms with Crippen LogP contribution >= 0.6 is 0 Å². The molecule has 0 atom stereocenters. The van der Waals surface area contributed by atoms with E-state index in [1.807, 2.05) is 0 Å². The summed E-state index contributed by atoms with van der Waals surface area (Å²) >= 11 is -7.95. The van der Waals surface area contributed by atoms with Gasteiger partial charge in [-0.25, -0.2) is 0 Å². The number of rotatable bonds is 12. The molecule has 0 aromatic heterocycles. The first-order valence-electron chi connectivity index (χ1n) is 16.9. The van der Waals surface area contributed by atoms with Gasteiger partial charge in [0.2, 0.25) is 0 Å². The molecule has 0 unspecified atom stereocenters. The van der Waals surface area contributed by atoms with Crippen molar-refractivity contribution in [2.75, 3.05) is 0 Å². The van der Waals surface area contributed by atoms with Crippen molar-refractivity contribution in [1.29, 1.82) is 0 Å². The van der Waals surface area contributed by atoms with E-state index in [1.54, 1.807) is 72.8 Å². The Hall–Kier alpha value is -4.76. The van der Waals surface area contributed by atoms with E-state index in [2.05, 4.69) is 0 Å². The summed E-state index contributed by atoms with van der Waals surface area (Å²) in [5.41, 5.74) is 0. The normalized spacial score (nSPS) is 13.1. The average molecular weight is 948 g/mol. The van der Waals surface area contributed by atoms with Crippen LogP contribution in [-0.4, -0.2) is 53.7 Å². The van der Waals surface area contributed by atoms with Crippen molar-refractivity contribution in [1.82, 2.24) is 0 Å². The molecule has 0 saturated carbocycles. The molecule has 0 saturated heterocycles. The maximum atomic E-state index is 14.6. The van der Waals surface area contributed by atoms with Crippen LogP contribution in [0.1, 0.15) is 0 Å². The minimum absolute atomic E-state index is 0.0749. The predicted octanol–water partition coefficient (Wildman–Crippen LogP) is 7.66. The van der Waals surface area contributed by atoms with E-state index < -0.39 is 80.1 Å². The van der Waals surface area contributed by atoms with Crippen LogP contribution in [0.4, 0.5) is 0 Å². The zero-order valence-corrected chi connectivity index (χ0v) is 35.3. The Balaban J connectivity index is 1.40. The van der Waals surface area contributed by atoms with Gasteiger partial charge in [-0.15, -0.1) is 0 Å². The van der Waals surface area contributed by atoms with Crippen molar-refractivity contribution in [3.63, 3.8) is 0 Å². The molecule has 0 radical (unpaired) electrons. The second-order valence-electron chi connectivity index (χ2n) is 12.6. The fourth-order valence-electron chi connectivity index (χ4n) is 6.46. The summed E-state index contributed by atoms with van der Waals surface area (Å²) in [5.74, 6) is 0. The molecule has 0 aliphatic carbocycles. The third kappa shape index (κ3) is 7.67. The first kappa shape index (κ1) is 39.1. The SMILES string of the molecule is O=S(=O)([O][Sn]([O]S(=O)(=O)c1cccc2ccccc12)([O]S(=O)(=O)c1cccc2ccccc12)[O]S(=O)(=O)c1cccc2ccccc12)c1cccc2ccccc12. The molecule has 0 spiro atoms. The summed E-state index contributed by atoms with van der Waals surface area (Å²) < 4.78 is 139. The van der Waals surface area contributed by atoms with Gasteiger partial charge in [0.05, 0.1) is 0 Å². The summed E-state index contributed by atoms with van der Waals surface area (Å²) in [4.78, 5) is -2.31. The Kier molecular flexibility index (Phi) is 10.2. The molecular weight excluding hydrogens is 919 g/mol. The zero-order chi connectivity index (χ0) is 40.1. The summed E-state index contributed by atoms with van der Waals surface area (Å²) in [6, 6.07) is 41.1. The molecule has 0 heterocycles. The molecule has 0 fully saturated rings. The van der Waals surface area contributed by atoms with Crippen LogP contribution in [0.2, 0.25) is 0 Å². The summed E-state index contributed by atoms with van der Waals surface area (Å²) in [5, 5.41) is 1.91. The average Bonchev–Trinajstić information content (AvgIpc) is 3.19. The van der Waals surface area contributed by atoms with Crippen LogP contribution in [0, 0.1) is 0 Å². The van der Waals surface area contributed by atoms with Gasteiger partial charge in [-0.05, 0) is 0 Å². The Bertz CT molecular complexity index is 2870. The van der Waals surface area contributed by atoms with Crippen molar-refractivity contribution < 1.29 is 43.8 Å². The van der Waals surface area contributed by atoms with Crippen LogP contribution in [0.25, 0.3) is 43.1 Å². The molecule has 288 valence electrons. The molecule has 8 aromatic carbocycles. The number of benzene rings is 8. The van der Waals surface area contributed by atoms with Crippen LogP contribution in [0.15, 0.2) is 189 Å². The van der Waals surface area contributed by atoms with Gasteiger partial charge in [0.15, 0.2) is 0 Å². The van der Waals surface area contributed by atoms with E-state index in [-0.39, 0.29) is 21.5 Å². The maximum absolute atomic E-state index is 14.6. The van der Waals surface area contributed by atoms with E-state index in [1.165, 1.54) is 72.8 Å². The third-order valence-corrected chi connectivity index (χ3v) is 28.7. The van der Waals surface area contributed by atoms with E-state index in [9.17, 15) is 33.7 Å². The molecule has 8 rings (SSSR count). The molecular formula is C40H28O12S4Sn. The van der Waals surface area contributed by atoms with Gasteiger partial charge in [-0.2, -0.15) is 0 Å². The van der Waals surface area contributed by atoms with Crippen LogP contribution in [0.3, 0.4) is 0 Å². The van der Waals surface area contributed by atoms with Crippen LogP contribution in [-0.2, 0) is 50.6 Å². The van der Waals surface area contributed by atoms with Crippen molar-refractivity contribution in [3.8, 4) is 0 Å². The first-order valence-corrected chi connectivity index (χ1v) is 27.2. The van der Waals surface area contributed by atoms with Gasteiger partial charge in [-0.3, -0.25) is 0 Å². The fourth-order valence-corrected chi connectivity index (χ4v) is 27.9. The van der Waals surface area contributed by atoms with Crippen molar-refractivity contribution >= 4 is 104 Å². The topological polar surface area (TPSA) is 173 Å². The van der Waals surface area contributed by atoms with Crippen LogP contribution < -0.4 is 0 Å².